The van der Waals surface area contributed by atoms with E-state index in [4.69, 9.17) is 23.8 Å². The predicted molar refractivity (Wildman–Crippen MR) is 244 cm³/mol. The number of phenols is 1. The van der Waals surface area contributed by atoms with Crippen LogP contribution in [0.1, 0.15) is 83.7 Å². The number of nitrogens with zero attached hydrogens (tertiary/aromatic N) is 4. The molecule has 5 aromatic heterocycles. The van der Waals surface area contributed by atoms with Crippen molar-refractivity contribution < 1.29 is 35.0 Å². The van der Waals surface area contributed by atoms with Gasteiger partial charge in [-0.25, -0.2) is 9.97 Å². The second kappa shape index (κ2) is 14.6. The second-order valence-electron chi connectivity index (χ2n) is 18.5. The van der Waals surface area contributed by atoms with Crippen LogP contribution in [-0.2, 0) is 31.9 Å². The summed E-state index contributed by atoms with van der Waals surface area (Å²) in [7, 11) is 0. The van der Waals surface area contributed by atoms with E-state index in [1.165, 1.54) is 0 Å². The van der Waals surface area contributed by atoms with E-state index in [-0.39, 0.29) is 43.6 Å². The van der Waals surface area contributed by atoms with Crippen molar-refractivity contribution in [2.24, 2.45) is 0 Å². The van der Waals surface area contributed by atoms with Crippen LogP contribution in [0.25, 0.3) is 94.5 Å². The van der Waals surface area contributed by atoms with Crippen molar-refractivity contribution in [1.82, 2.24) is 19.5 Å². The quantitative estimate of drug-likeness (QED) is 0.173. The van der Waals surface area contributed by atoms with Crippen molar-refractivity contribution in [3.8, 4) is 45.2 Å². The SMILES string of the molecule is Cc1ccc2c(n1)oc1cc(-n3c(-c4cc(C(C)(C)C)cc(C(C)(C)C)c4O)nc4c5c(ccc43)oc3ccc(-c4cc(-c6ccccc6)ccn4)[c-]c35)c(C(C)C)cc12.[Pt]. The van der Waals surface area contributed by atoms with Gasteiger partial charge in [0.1, 0.15) is 17.2 Å². The second-order valence-corrected chi connectivity index (χ2v) is 18.5. The van der Waals surface area contributed by atoms with E-state index in [9.17, 15) is 5.11 Å². The Bertz CT molecular complexity index is 3340. The van der Waals surface area contributed by atoms with E-state index in [0.717, 1.165) is 88.6 Å². The normalized spacial score (nSPS) is 12.4. The molecule has 0 aliphatic heterocycles. The number of furan rings is 2. The Balaban J connectivity index is 0.00000476. The molecule has 0 amide bonds. The summed E-state index contributed by atoms with van der Waals surface area (Å²) in [4.78, 5) is 15.1. The van der Waals surface area contributed by atoms with Gasteiger partial charge in [0.05, 0.1) is 33.5 Å². The Kier molecular flexibility index (Phi) is 9.63. The van der Waals surface area contributed by atoms with E-state index in [1.807, 2.05) is 61.7 Å². The predicted octanol–water partition coefficient (Wildman–Crippen LogP) is 14.1. The molecule has 10 aromatic rings. The molecule has 5 heterocycles. The number of benzene rings is 5. The van der Waals surface area contributed by atoms with Crippen LogP contribution in [0.15, 0.2) is 118 Å². The molecule has 0 aliphatic rings. The van der Waals surface area contributed by atoms with Crippen molar-refractivity contribution in [3.05, 3.63) is 138 Å². The number of pyridine rings is 2. The Morgan fingerprint density at radius 1 is 0.721 bits per heavy atom. The summed E-state index contributed by atoms with van der Waals surface area (Å²) in [6.45, 7) is 19.4. The molecule has 8 heteroatoms. The molecule has 0 unspecified atom stereocenters. The first-order valence-electron chi connectivity index (χ1n) is 20.7. The topological polar surface area (TPSA) is 90.1 Å². The molecule has 61 heavy (non-hydrogen) atoms. The zero-order chi connectivity index (χ0) is 41.8. The smallest absolute Gasteiger partial charge is 0.227 e. The Hall–Kier alpha value is -6.04. The van der Waals surface area contributed by atoms with Gasteiger partial charge in [0.25, 0.3) is 0 Å². The maximum atomic E-state index is 12.4. The first-order valence-corrected chi connectivity index (χ1v) is 20.7. The number of imidazole rings is 1. The maximum Gasteiger partial charge on any atom is 0.227 e. The summed E-state index contributed by atoms with van der Waals surface area (Å²) in [5.74, 6) is 0.973. The average molecular weight is 983 g/mol. The van der Waals surface area contributed by atoms with E-state index in [0.29, 0.717) is 28.3 Å². The molecule has 0 saturated carbocycles. The molecule has 0 fully saturated rings. The van der Waals surface area contributed by atoms with Gasteiger partial charge >= 0.3 is 0 Å². The molecule has 308 valence electrons. The molecule has 5 aromatic carbocycles. The Morgan fingerprint density at radius 2 is 1.49 bits per heavy atom. The fraction of sp³-hybridized carbons (Fsp3) is 0.226. The molecule has 7 nitrogen and oxygen atoms in total. The van der Waals surface area contributed by atoms with Gasteiger partial charge in [0.15, 0.2) is 0 Å². The summed E-state index contributed by atoms with van der Waals surface area (Å²) < 4.78 is 15.3. The van der Waals surface area contributed by atoms with Crippen molar-refractivity contribution in [2.75, 3.05) is 0 Å². The van der Waals surface area contributed by atoms with Gasteiger partial charge in [-0.2, -0.15) is 0 Å². The van der Waals surface area contributed by atoms with E-state index >= 15 is 0 Å². The summed E-state index contributed by atoms with van der Waals surface area (Å²) in [5, 5.41) is 16.1. The minimum Gasteiger partial charge on any atom is -0.507 e. The van der Waals surface area contributed by atoms with Crippen LogP contribution < -0.4 is 0 Å². The van der Waals surface area contributed by atoms with Gasteiger partial charge in [0, 0.05) is 61.1 Å². The van der Waals surface area contributed by atoms with Crippen molar-refractivity contribution in [1.29, 1.82) is 0 Å². The molecule has 10 rings (SSSR count). The summed E-state index contributed by atoms with van der Waals surface area (Å²) in [5.41, 5.74) is 13.3. The molecule has 0 aliphatic carbocycles. The van der Waals surface area contributed by atoms with Crippen LogP contribution in [0.2, 0.25) is 0 Å². The number of aromatic nitrogens is 4. The third kappa shape index (κ3) is 6.74. The zero-order valence-corrected chi connectivity index (χ0v) is 38.1. The standard InChI is InChI=1S/C53H47N4O3.Pt/c1-29(2)36-27-37-35-17-15-30(3)55-51(35)60-46(37)28-43(36)57-42-18-20-45-47(48(42)56-50(57)39-25-34(52(4,5)6)26-40(49(39)58)53(7,8)9)38-23-33(16-19-44(38)59-45)41-24-32(21-22-54-41)31-13-11-10-12-14-31;/h10-22,24-29,58H,1-9H3;/q-1;. The largest absolute Gasteiger partial charge is 0.507 e. The molecule has 0 atom stereocenters. The number of hydrogen-bond acceptors (Lipinski definition) is 6. The van der Waals surface area contributed by atoms with Crippen LogP contribution in [0.5, 0.6) is 5.75 Å². The average Bonchev–Trinajstić information content (AvgIpc) is 3.90. The van der Waals surface area contributed by atoms with Gasteiger partial charge in [-0.3, -0.25) is 9.55 Å². The van der Waals surface area contributed by atoms with E-state index < -0.39 is 0 Å². The summed E-state index contributed by atoms with van der Waals surface area (Å²) >= 11 is 0. The third-order valence-electron chi connectivity index (χ3n) is 11.8. The number of hydrogen-bond donors (Lipinski definition) is 1. The van der Waals surface area contributed by atoms with Crippen LogP contribution in [0.4, 0.5) is 0 Å². The van der Waals surface area contributed by atoms with E-state index in [1.54, 1.807) is 0 Å². The van der Waals surface area contributed by atoms with Gasteiger partial charge in [0.2, 0.25) is 5.71 Å². The monoisotopic (exact) mass is 982 g/mol. The van der Waals surface area contributed by atoms with Crippen LogP contribution in [-0.4, -0.2) is 24.6 Å². The minimum absolute atomic E-state index is 0. The number of aryl methyl sites for hydroxylation is 1. The third-order valence-corrected chi connectivity index (χ3v) is 11.8. The van der Waals surface area contributed by atoms with Gasteiger partial charge in [-0.15, -0.1) is 12.1 Å². The summed E-state index contributed by atoms with van der Waals surface area (Å²) in [6.07, 6.45) is 1.85. The number of fused-ring (bicyclic) bond motifs is 8. The molecule has 0 spiro atoms. The molecular formula is C53H47N4O3Pt-. The zero-order valence-electron chi connectivity index (χ0n) is 35.8. The molecule has 1 N–H and O–H groups in total. The van der Waals surface area contributed by atoms with Crippen molar-refractivity contribution >= 4 is 55.0 Å². The number of aromatic hydroxyl groups is 1. The van der Waals surface area contributed by atoms with Crippen LogP contribution >= 0.6 is 0 Å². The fourth-order valence-corrected chi connectivity index (χ4v) is 8.55. The first kappa shape index (κ1) is 40.4. The van der Waals surface area contributed by atoms with Crippen LogP contribution in [0, 0.1) is 13.0 Å². The van der Waals surface area contributed by atoms with Crippen molar-refractivity contribution in [3.63, 3.8) is 0 Å². The van der Waals surface area contributed by atoms with E-state index in [2.05, 4.69) is 121 Å². The molecule has 0 saturated heterocycles. The number of phenolic OH excluding ortho intramolecular Hbond substituents is 1. The summed E-state index contributed by atoms with van der Waals surface area (Å²) in [6, 6.07) is 39.0. The first-order chi connectivity index (χ1) is 28.6. The fourth-order valence-electron chi connectivity index (χ4n) is 8.55. The van der Waals surface area contributed by atoms with Crippen LogP contribution in [0.3, 0.4) is 0 Å². The Morgan fingerprint density at radius 3 is 2.23 bits per heavy atom. The minimum atomic E-state index is -0.344. The number of rotatable bonds is 5. The van der Waals surface area contributed by atoms with Gasteiger partial charge in [-0.05, 0) is 93.8 Å². The molecule has 0 radical (unpaired) electrons. The van der Waals surface area contributed by atoms with Crippen molar-refractivity contribution in [2.45, 2.75) is 79.1 Å². The maximum absolute atomic E-state index is 12.4. The Labute approximate surface area is 369 Å². The van der Waals surface area contributed by atoms with Gasteiger partial charge < -0.3 is 13.9 Å². The molecular weight excluding hydrogens is 936 g/mol. The molecule has 0 bridgehead atoms. The van der Waals surface area contributed by atoms with Gasteiger partial charge in [-0.1, -0.05) is 115 Å².